The van der Waals surface area contributed by atoms with E-state index in [0.29, 0.717) is 54.3 Å². The molecular formula is C36H57NO7. The van der Waals surface area contributed by atoms with E-state index in [0.717, 1.165) is 44.4 Å². The van der Waals surface area contributed by atoms with Crippen molar-refractivity contribution < 1.29 is 34.0 Å². The van der Waals surface area contributed by atoms with Gasteiger partial charge in [-0.25, -0.2) is 0 Å². The molecule has 1 amide bonds. The molecular weight excluding hydrogens is 558 g/mol. The number of carbonyl (C=O) groups excluding carboxylic acids is 2. The molecule has 6 rings (SSSR count). The van der Waals surface area contributed by atoms with Crippen LogP contribution in [0, 0.1) is 40.4 Å². The summed E-state index contributed by atoms with van der Waals surface area (Å²) in [6.07, 6.45) is 13.8. The lowest BCUT2D eigenvalue weighted by Gasteiger charge is -2.58. The van der Waals surface area contributed by atoms with Gasteiger partial charge in [0.15, 0.2) is 0 Å². The molecule has 13 atom stereocenters. The van der Waals surface area contributed by atoms with Gasteiger partial charge in [-0.05, 0) is 112 Å². The van der Waals surface area contributed by atoms with E-state index in [1.807, 2.05) is 0 Å². The second-order valence-corrected chi connectivity index (χ2v) is 15.9. The number of nitrogens with one attached hydrogen (secondary N) is 1. The van der Waals surface area contributed by atoms with Crippen LogP contribution in [0.15, 0.2) is 11.6 Å². The van der Waals surface area contributed by atoms with Crippen LogP contribution in [0.2, 0.25) is 0 Å². The van der Waals surface area contributed by atoms with E-state index in [4.69, 9.17) is 14.2 Å². The number of esters is 1. The van der Waals surface area contributed by atoms with Crippen molar-refractivity contribution in [2.45, 2.75) is 148 Å². The summed E-state index contributed by atoms with van der Waals surface area (Å²) in [6, 6.07) is -0.336. The molecule has 6 aliphatic rings. The lowest BCUT2D eigenvalue weighted by molar-refractivity contribution is -0.152. The van der Waals surface area contributed by atoms with Crippen LogP contribution in [0.3, 0.4) is 0 Å². The van der Waals surface area contributed by atoms with Crippen LogP contribution in [0.25, 0.3) is 0 Å². The normalized spacial score (nSPS) is 45.3. The molecule has 0 aromatic carbocycles. The first-order valence-corrected chi connectivity index (χ1v) is 17.8. The molecule has 44 heavy (non-hydrogen) atoms. The Morgan fingerprint density at radius 1 is 1.11 bits per heavy atom. The number of rotatable bonds is 9. The molecule has 8 heteroatoms. The second kappa shape index (κ2) is 13.0. The molecule has 4 aliphatic carbocycles. The third-order valence-electron chi connectivity index (χ3n) is 13.4. The van der Waals surface area contributed by atoms with Gasteiger partial charge in [-0.15, -0.1) is 0 Å². The van der Waals surface area contributed by atoms with Gasteiger partial charge in [0, 0.05) is 26.1 Å². The van der Waals surface area contributed by atoms with Crippen molar-refractivity contribution in [1.82, 2.24) is 5.32 Å². The lowest BCUT2D eigenvalue weighted by Crippen LogP contribution is -2.52. The lowest BCUT2D eigenvalue weighted by atomic mass is 9.47. The van der Waals surface area contributed by atoms with Crippen LogP contribution >= 0.6 is 0 Å². The van der Waals surface area contributed by atoms with E-state index < -0.39 is 6.10 Å². The van der Waals surface area contributed by atoms with Crippen molar-refractivity contribution in [2.24, 2.45) is 40.4 Å². The highest BCUT2D eigenvalue weighted by Crippen LogP contribution is 2.68. The zero-order valence-corrected chi connectivity index (χ0v) is 27.5. The highest BCUT2D eigenvalue weighted by molar-refractivity contribution is 5.81. The number of aliphatic hydroxyl groups is 2. The first kappa shape index (κ1) is 32.5. The second-order valence-electron chi connectivity index (χ2n) is 15.9. The topological polar surface area (TPSA) is 114 Å². The zero-order chi connectivity index (χ0) is 31.2. The number of hydrogen-bond donors (Lipinski definition) is 3. The van der Waals surface area contributed by atoms with E-state index in [1.54, 1.807) is 6.92 Å². The molecule has 3 saturated carbocycles. The molecule has 0 radical (unpaired) electrons. The van der Waals surface area contributed by atoms with Crippen LogP contribution in [0.1, 0.15) is 111 Å². The number of carbonyl (C=O) groups is 2. The Hall–Kier alpha value is -1.48. The summed E-state index contributed by atoms with van der Waals surface area (Å²) in [7, 11) is 0. The molecule has 0 aromatic rings. The van der Waals surface area contributed by atoms with Crippen LogP contribution in [0.4, 0.5) is 0 Å². The zero-order valence-electron chi connectivity index (χ0n) is 27.5. The molecule has 0 aromatic heterocycles. The molecule has 2 heterocycles. The Bertz CT molecular complexity index is 1090. The number of allylic oxidation sites excluding steroid dienone is 1. The van der Waals surface area contributed by atoms with E-state index in [2.05, 4.69) is 32.2 Å². The summed E-state index contributed by atoms with van der Waals surface area (Å²) in [6.45, 7) is 9.76. The standard InChI is InChI=1S/C36H57NO7/c1-21(20-38)5-7-24-18-29-31(43-24)19-28-26-8-6-23-17-25(11-14-35(23,3)27(26)12-15-36(28,29)4)44-33(40)10-9-32(39)37-30-13-16-42-22(2)34(30)41/h6,21-22,24-31,34,38,41H,5,7-20H2,1-4H3,(H,37,39)/t21?,22?,24-,25?,26?,27?,28?,29?,30?,31?,34?,35?,36?/m1/s1. The van der Waals surface area contributed by atoms with E-state index in [-0.39, 0.29) is 55.0 Å². The summed E-state index contributed by atoms with van der Waals surface area (Å²) in [5.41, 5.74) is 2.03. The van der Waals surface area contributed by atoms with Gasteiger partial charge in [-0.1, -0.05) is 32.4 Å². The monoisotopic (exact) mass is 615 g/mol. The fourth-order valence-corrected chi connectivity index (χ4v) is 10.6. The molecule has 3 N–H and O–H groups in total. The smallest absolute Gasteiger partial charge is 0.306 e. The van der Waals surface area contributed by atoms with Crippen molar-refractivity contribution >= 4 is 11.9 Å². The maximum absolute atomic E-state index is 12.7. The van der Waals surface area contributed by atoms with Gasteiger partial charge in [0.2, 0.25) is 5.91 Å². The highest BCUT2D eigenvalue weighted by atomic mass is 16.5. The van der Waals surface area contributed by atoms with Crippen LogP contribution in [-0.4, -0.2) is 71.9 Å². The van der Waals surface area contributed by atoms with Gasteiger partial charge in [-0.3, -0.25) is 9.59 Å². The van der Waals surface area contributed by atoms with Gasteiger partial charge in [0.1, 0.15) is 12.2 Å². The Morgan fingerprint density at radius 3 is 2.73 bits per heavy atom. The molecule has 2 aliphatic heterocycles. The minimum atomic E-state index is -0.733. The molecule has 8 nitrogen and oxygen atoms in total. The highest BCUT2D eigenvalue weighted by Gasteiger charge is 2.63. The number of amides is 1. The largest absolute Gasteiger partial charge is 0.462 e. The van der Waals surface area contributed by atoms with Crippen LogP contribution in [-0.2, 0) is 23.8 Å². The summed E-state index contributed by atoms with van der Waals surface area (Å²) in [4.78, 5) is 25.2. The third-order valence-corrected chi connectivity index (χ3v) is 13.4. The summed E-state index contributed by atoms with van der Waals surface area (Å²) in [5, 5.41) is 22.6. The van der Waals surface area contributed by atoms with Gasteiger partial charge in [0.05, 0.1) is 30.8 Å². The van der Waals surface area contributed by atoms with Crippen molar-refractivity contribution in [1.29, 1.82) is 0 Å². The first-order valence-electron chi connectivity index (χ1n) is 17.8. The van der Waals surface area contributed by atoms with Gasteiger partial charge in [0.25, 0.3) is 0 Å². The fourth-order valence-electron chi connectivity index (χ4n) is 10.6. The average molecular weight is 616 g/mol. The minimum Gasteiger partial charge on any atom is -0.462 e. The van der Waals surface area contributed by atoms with Gasteiger partial charge >= 0.3 is 5.97 Å². The predicted octanol–water partition coefficient (Wildman–Crippen LogP) is 5.09. The Labute approximate surface area is 264 Å². The minimum absolute atomic E-state index is 0.0597. The van der Waals surface area contributed by atoms with Crippen LogP contribution < -0.4 is 5.32 Å². The number of fused-ring (bicyclic) bond motifs is 7. The molecule has 248 valence electrons. The molecule has 0 spiro atoms. The maximum atomic E-state index is 12.7. The third kappa shape index (κ3) is 6.14. The van der Waals surface area contributed by atoms with E-state index >= 15 is 0 Å². The maximum Gasteiger partial charge on any atom is 0.306 e. The van der Waals surface area contributed by atoms with Crippen molar-refractivity contribution in [3.05, 3.63) is 11.6 Å². The van der Waals surface area contributed by atoms with E-state index in [9.17, 15) is 19.8 Å². The number of ether oxygens (including phenoxy) is 3. The van der Waals surface area contributed by atoms with Gasteiger partial charge in [-0.2, -0.15) is 0 Å². The fraction of sp³-hybridized carbons (Fsp3) is 0.889. The summed E-state index contributed by atoms with van der Waals surface area (Å²) in [5.74, 6) is 2.60. The van der Waals surface area contributed by atoms with Crippen molar-refractivity contribution in [3.8, 4) is 0 Å². The molecule has 5 fully saturated rings. The summed E-state index contributed by atoms with van der Waals surface area (Å²) >= 11 is 0. The Balaban J connectivity index is 1.00. The Kier molecular flexibility index (Phi) is 9.56. The average Bonchev–Trinajstić information content (AvgIpc) is 3.54. The van der Waals surface area contributed by atoms with Crippen molar-refractivity contribution in [3.63, 3.8) is 0 Å². The molecule has 2 saturated heterocycles. The molecule has 0 bridgehead atoms. The number of hydrogen-bond acceptors (Lipinski definition) is 7. The van der Waals surface area contributed by atoms with Crippen molar-refractivity contribution in [2.75, 3.05) is 13.2 Å². The first-order chi connectivity index (χ1) is 21.0. The molecule has 12 unspecified atom stereocenters. The van der Waals surface area contributed by atoms with Gasteiger partial charge < -0.3 is 29.7 Å². The predicted molar refractivity (Wildman–Crippen MR) is 166 cm³/mol. The quantitative estimate of drug-likeness (QED) is 0.245. The van der Waals surface area contributed by atoms with Crippen LogP contribution in [0.5, 0.6) is 0 Å². The van der Waals surface area contributed by atoms with E-state index in [1.165, 1.54) is 31.3 Å². The SMILES string of the molecule is CC(CO)CC[C@@H]1CC2C(CC3C4CC=C5CC(OC(=O)CCC(=O)NC6CCOC(C)C6O)CCC5(C)C4CCC23C)O1. The summed E-state index contributed by atoms with van der Waals surface area (Å²) < 4.78 is 18.0. The number of aliphatic hydroxyl groups excluding tert-OH is 2. The Morgan fingerprint density at radius 2 is 1.93 bits per heavy atom.